The van der Waals surface area contributed by atoms with Gasteiger partial charge in [0.1, 0.15) is 11.4 Å². The molecule has 0 unspecified atom stereocenters. The first-order valence-corrected chi connectivity index (χ1v) is 3.58. The minimum atomic E-state index is -2.93. The molecule has 0 atom stereocenters. The Morgan fingerprint density at radius 3 is 2.64 bits per heavy atom. The van der Waals surface area contributed by atoms with Crippen molar-refractivity contribution in [1.29, 1.82) is 0 Å². The highest BCUT2D eigenvalue weighted by atomic mass is 19.3. The summed E-state index contributed by atoms with van der Waals surface area (Å²) in [6.07, 6.45) is -2.87. The van der Waals surface area contributed by atoms with E-state index < -0.39 is 23.6 Å². The Morgan fingerprint density at radius 2 is 2.21 bits per heavy atom. The van der Waals surface area contributed by atoms with E-state index in [1.54, 1.807) is 0 Å². The molecule has 0 amide bonds. The number of aromatic nitrogens is 1. The van der Waals surface area contributed by atoms with Gasteiger partial charge >= 0.3 is 0 Å². The fraction of sp³-hybridized carbons (Fsp3) is 0.250. The summed E-state index contributed by atoms with van der Waals surface area (Å²) in [7, 11) is 1.11. The minimum absolute atomic E-state index is 0.0626. The molecule has 3 nitrogen and oxygen atoms in total. The summed E-state index contributed by atoms with van der Waals surface area (Å²) < 4.78 is 41.9. The fourth-order valence-corrected chi connectivity index (χ4v) is 0.998. The average Bonchev–Trinajstić information content (AvgIpc) is 2.15. The zero-order chi connectivity index (χ0) is 10.7. The summed E-state index contributed by atoms with van der Waals surface area (Å²) in [5, 5.41) is 0. The number of carbonyl (C=O) groups excluding carboxylic acids is 1. The van der Waals surface area contributed by atoms with E-state index in [9.17, 15) is 18.0 Å². The molecule has 0 aliphatic carbocycles. The van der Waals surface area contributed by atoms with Crippen molar-refractivity contribution in [2.24, 2.45) is 0 Å². The van der Waals surface area contributed by atoms with Gasteiger partial charge in [-0.3, -0.25) is 4.79 Å². The molecule has 0 bridgehead atoms. The molecule has 0 saturated carbocycles. The number of ether oxygens (including phenoxy) is 1. The van der Waals surface area contributed by atoms with Crippen molar-refractivity contribution in [2.45, 2.75) is 6.43 Å². The van der Waals surface area contributed by atoms with Crippen LogP contribution in [0.15, 0.2) is 6.07 Å². The van der Waals surface area contributed by atoms with Gasteiger partial charge in [0, 0.05) is 6.07 Å². The normalized spacial score (nSPS) is 10.4. The second kappa shape index (κ2) is 4.08. The maximum atomic E-state index is 12.7. The van der Waals surface area contributed by atoms with Gasteiger partial charge in [-0.1, -0.05) is 0 Å². The van der Waals surface area contributed by atoms with Crippen LogP contribution in [0.1, 0.15) is 22.5 Å². The largest absolute Gasteiger partial charge is 0.496 e. The smallest absolute Gasteiger partial charge is 0.269 e. The molecule has 1 rings (SSSR count). The van der Waals surface area contributed by atoms with Gasteiger partial charge in [0.05, 0.1) is 12.7 Å². The van der Waals surface area contributed by atoms with Crippen molar-refractivity contribution in [3.8, 4) is 5.75 Å². The van der Waals surface area contributed by atoms with Crippen molar-refractivity contribution in [1.82, 2.24) is 4.98 Å². The Bertz CT molecular complexity index is 355. The highest BCUT2D eigenvalue weighted by Crippen LogP contribution is 2.30. The Morgan fingerprint density at radius 1 is 1.57 bits per heavy atom. The van der Waals surface area contributed by atoms with E-state index in [0.717, 1.165) is 7.11 Å². The Labute approximate surface area is 77.5 Å². The Kier molecular flexibility index (Phi) is 3.06. The lowest BCUT2D eigenvalue weighted by molar-refractivity contribution is 0.109. The fourth-order valence-electron chi connectivity index (χ4n) is 0.998. The molecule has 14 heavy (non-hydrogen) atoms. The van der Waals surface area contributed by atoms with Crippen molar-refractivity contribution in [3.63, 3.8) is 0 Å². The topological polar surface area (TPSA) is 39.2 Å². The lowest BCUT2D eigenvalue weighted by Gasteiger charge is -2.08. The van der Waals surface area contributed by atoms with Gasteiger partial charge in [0.25, 0.3) is 6.43 Å². The molecule has 1 heterocycles. The lowest BCUT2D eigenvalue weighted by atomic mass is 10.2. The SMILES string of the molecule is COc1cc(F)nc(C=O)c1C(F)F. The zero-order valence-electron chi connectivity index (χ0n) is 7.13. The van der Waals surface area contributed by atoms with Crippen LogP contribution >= 0.6 is 0 Å². The number of rotatable bonds is 3. The monoisotopic (exact) mass is 205 g/mol. The third kappa shape index (κ3) is 1.84. The molecule has 0 aromatic carbocycles. The highest BCUT2D eigenvalue weighted by molar-refractivity contribution is 5.75. The second-order valence-electron chi connectivity index (χ2n) is 2.36. The van der Waals surface area contributed by atoms with Crippen LogP contribution in [-0.4, -0.2) is 18.4 Å². The molecule has 0 saturated heterocycles. The summed E-state index contributed by atoms with van der Waals surface area (Å²) in [5.74, 6) is -1.41. The number of aldehydes is 1. The molecule has 0 aliphatic heterocycles. The summed E-state index contributed by atoms with van der Waals surface area (Å²) in [6.45, 7) is 0. The summed E-state index contributed by atoms with van der Waals surface area (Å²) in [4.78, 5) is 13.4. The van der Waals surface area contributed by atoms with E-state index in [1.807, 2.05) is 0 Å². The molecular formula is C8H6F3NO2. The van der Waals surface area contributed by atoms with E-state index in [2.05, 4.69) is 9.72 Å². The van der Waals surface area contributed by atoms with E-state index in [4.69, 9.17) is 0 Å². The van der Waals surface area contributed by atoms with Crippen molar-refractivity contribution in [2.75, 3.05) is 7.11 Å². The van der Waals surface area contributed by atoms with E-state index >= 15 is 0 Å². The Balaban J connectivity index is 3.40. The van der Waals surface area contributed by atoms with Gasteiger partial charge in [0.15, 0.2) is 6.29 Å². The van der Waals surface area contributed by atoms with Gasteiger partial charge < -0.3 is 4.74 Å². The van der Waals surface area contributed by atoms with E-state index in [1.165, 1.54) is 0 Å². The zero-order valence-corrected chi connectivity index (χ0v) is 7.13. The number of methoxy groups -OCH3 is 1. The predicted octanol–water partition coefficient (Wildman–Crippen LogP) is 1.98. The number of alkyl halides is 2. The Hall–Kier alpha value is -1.59. The quantitative estimate of drug-likeness (QED) is 0.559. The van der Waals surface area contributed by atoms with E-state index in [0.29, 0.717) is 6.07 Å². The molecule has 0 N–H and O–H groups in total. The second-order valence-corrected chi connectivity index (χ2v) is 2.36. The molecular weight excluding hydrogens is 199 g/mol. The third-order valence-corrected chi connectivity index (χ3v) is 1.57. The number of nitrogens with zero attached hydrogens (tertiary/aromatic N) is 1. The highest BCUT2D eigenvalue weighted by Gasteiger charge is 2.21. The maximum Gasteiger partial charge on any atom is 0.269 e. The van der Waals surface area contributed by atoms with Gasteiger partial charge in [-0.2, -0.15) is 4.39 Å². The third-order valence-electron chi connectivity index (χ3n) is 1.57. The van der Waals surface area contributed by atoms with Crippen molar-refractivity contribution in [3.05, 3.63) is 23.3 Å². The first-order chi connectivity index (χ1) is 6.60. The molecule has 0 fully saturated rings. The number of pyridine rings is 1. The van der Waals surface area contributed by atoms with Crippen LogP contribution in [0.4, 0.5) is 13.2 Å². The lowest BCUT2D eigenvalue weighted by Crippen LogP contribution is -2.03. The number of carbonyl (C=O) groups is 1. The molecule has 0 spiro atoms. The van der Waals surface area contributed by atoms with Gasteiger partial charge in [0.2, 0.25) is 5.95 Å². The van der Waals surface area contributed by atoms with Gasteiger partial charge in [-0.25, -0.2) is 13.8 Å². The van der Waals surface area contributed by atoms with Gasteiger partial charge in [-0.05, 0) is 0 Å². The van der Waals surface area contributed by atoms with Crippen LogP contribution < -0.4 is 4.74 Å². The molecule has 1 aromatic rings. The minimum Gasteiger partial charge on any atom is -0.496 e. The number of halogens is 3. The maximum absolute atomic E-state index is 12.7. The van der Waals surface area contributed by atoms with Gasteiger partial charge in [-0.15, -0.1) is 0 Å². The summed E-state index contributed by atoms with van der Waals surface area (Å²) in [5.41, 5.74) is -1.33. The van der Waals surface area contributed by atoms with E-state index in [-0.39, 0.29) is 12.0 Å². The number of hydrogen-bond donors (Lipinski definition) is 0. The van der Waals surface area contributed by atoms with Crippen LogP contribution in [-0.2, 0) is 0 Å². The molecule has 76 valence electrons. The van der Waals surface area contributed by atoms with Crippen LogP contribution in [0.3, 0.4) is 0 Å². The van der Waals surface area contributed by atoms with Crippen LogP contribution in [0.5, 0.6) is 5.75 Å². The van der Waals surface area contributed by atoms with Crippen molar-refractivity contribution < 1.29 is 22.7 Å². The summed E-state index contributed by atoms with van der Waals surface area (Å²) >= 11 is 0. The number of hydrogen-bond acceptors (Lipinski definition) is 3. The molecule has 0 aliphatic rings. The molecule has 6 heteroatoms. The molecule has 1 aromatic heterocycles. The standard InChI is InChI=1S/C8H6F3NO2/c1-14-5-2-6(9)12-4(3-13)7(5)8(10)11/h2-3,8H,1H3. The van der Waals surface area contributed by atoms with Crippen LogP contribution in [0, 0.1) is 5.95 Å². The predicted molar refractivity (Wildman–Crippen MR) is 41.1 cm³/mol. The van der Waals surface area contributed by atoms with Crippen LogP contribution in [0.25, 0.3) is 0 Å². The van der Waals surface area contributed by atoms with Crippen LogP contribution in [0.2, 0.25) is 0 Å². The van der Waals surface area contributed by atoms with Crippen molar-refractivity contribution >= 4 is 6.29 Å². The molecule has 0 radical (unpaired) electrons. The first kappa shape index (κ1) is 10.5. The average molecular weight is 205 g/mol. The first-order valence-electron chi connectivity index (χ1n) is 3.58. The summed E-state index contributed by atoms with van der Waals surface area (Å²) in [6, 6.07) is 0.703.